The molecule has 0 spiro atoms. The number of halogens is 1. The first kappa shape index (κ1) is 22.9. The molecule has 138 valence electrons. The van der Waals surface area contributed by atoms with Crippen LogP contribution in [-0.4, -0.2) is 53.0 Å². The van der Waals surface area contributed by atoms with Crippen molar-refractivity contribution in [2.24, 2.45) is 4.99 Å². The Morgan fingerprint density at radius 2 is 1.92 bits per heavy atom. The van der Waals surface area contributed by atoms with Crippen LogP contribution in [0.25, 0.3) is 0 Å². The third kappa shape index (κ3) is 9.94. The average molecular weight is 451 g/mol. The van der Waals surface area contributed by atoms with E-state index in [9.17, 15) is 0 Å². The first-order valence-electron chi connectivity index (χ1n) is 7.86. The Morgan fingerprint density at radius 1 is 1.21 bits per heavy atom. The van der Waals surface area contributed by atoms with Gasteiger partial charge < -0.3 is 24.8 Å². The number of rotatable bonds is 10. The topological polar surface area (TPSA) is 64.1 Å². The molecule has 0 bridgehead atoms. The van der Waals surface area contributed by atoms with Crippen LogP contribution in [0.4, 0.5) is 0 Å². The summed E-state index contributed by atoms with van der Waals surface area (Å²) in [5, 5.41) is 6.52. The van der Waals surface area contributed by atoms with Crippen LogP contribution in [0.2, 0.25) is 0 Å². The van der Waals surface area contributed by atoms with Crippen molar-refractivity contribution in [2.75, 3.05) is 41.0 Å². The summed E-state index contributed by atoms with van der Waals surface area (Å²) in [6.45, 7) is 4.81. The Balaban J connectivity index is 0.00000529. The molecule has 1 aromatic rings. The van der Waals surface area contributed by atoms with Crippen LogP contribution in [0.3, 0.4) is 0 Å². The Labute approximate surface area is 162 Å². The van der Waals surface area contributed by atoms with E-state index in [1.807, 2.05) is 31.2 Å². The number of nitrogens with zero attached hydrogens (tertiary/aromatic N) is 1. The highest BCUT2D eigenvalue weighted by atomic mass is 127. The lowest BCUT2D eigenvalue weighted by atomic mass is 10.2. The van der Waals surface area contributed by atoms with E-state index in [2.05, 4.69) is 15.6 Å². The summed E-state index contributed by atoms with van der Waals surface area (Å²) in [7, 11) is 5.11. The first-order valence-corrected chi connectivity index (χ1v) is 7.86. The zero-order valence-corrected chi connectivity index (χ0v) is 17.3. The number of guanidine groups is 1. The van der Waals surface area contributed by atoms with Gasteiger partial charge in [-0.1, -0.05) is 12.1 Å². The van der Waals surface area contributed by atoms with Gasteiger partial charge in [0.25, 0.3) is 0 Å². The summed E-state index contributed by atoms with van der Waals surface area (Å²) in [4.78, 5) is 4.18. The lowest BCUT2D eigenvalue weighted by molar-refractivity contribution is 0.119. The zero-order chi connectivity index (χ0) is 16.9. The number of ether oxygens (including phenoxy) is 3. The summed E-state index contributed by atoms with van der Waals surface area (Å²) in [6.07, 6.45) is 0.912. The Morgan fingerprint density at radius 3 is 2.50 bits per heavy atom. The van der Waals surface area contributed by atoms with Gasteiger partial charge in [-0.2, -0.15) is 0 Å². The molecule has 0 amide bonds. The minimum atomic E-state index is 0. The number of nitrogens with one attached hydrogen (secondary N) is 2. The monoisotopic (exact) mass is 451 g/mol. The molecule has 0 aliphatic carbocycles. The third-order valence-corrected chi connectivity index (χ3v) is 3.21. The molecule has 1 atom stereocenters. The molecule has 24 heavy (non-hydrogen) atoms. The third-order valence-electron chi connectivity index (χ3n) is 3.21. The number of aliphatic imine (C=N–C) groups is 1. The van der Waals surface area contributed by atoms with Gasteiger partial charge >= 0.3 is 0 Å². The molecule has 0 aliphatic rings. The number of methoxy groups -OCH3 is 2. The second-order valence-electron chi connectivity index (χ2n) is 5.25. The molecule has 0 aliphatic heterocycles. The fourth-order valence-corrected chi connectivity index (χ4v) is 2.01. The SMILES string of the molecule is CN=C(NCCCOCc1ccc(OC)cc1)NC(C)COC.I. The van der Waals surface area contributed by atoms with Gasteiger partial charge in [0, 0.05) is 33.4 Å². The van der Waals surface area contributed by atoms with Crippen molar-refractivity contribution in [2.45, 2.75) is 26.0 Å². The number of benzene rings is 1. The second kappa shape index (κ2) is 14.3. The number of hydrogen-bond donors (Lipinski definition) is 2. The van der Waals surface area contributed by atoms with Gasteiger partial charge in [0.2, 0.25) is 0 Å². The quantitative estimate of drug-likeness (QED) is 0.248. The molecule has 6 nitrogen and oxygen atoms in total. The highest BCUT2D eigenvalue weighted by molar-refractivity contribution is 14.0. The predicted octanol–water partition coefficient (Wildman–Crippen LogP) is 2.42. The lowest BCUT2D eigenvalue weighted by Gasteiger charge is -2.17. The summed E-state index contributed by atoms with van der Waals surface area (Å²) in [5.74, 6) is 1.64. The van der Waals surface area contributed by atoms with Crippen molar-refractivity contribution >= 4 is 29.9 Å². The van der Waals surface area contributed by atoms with E-state index >= 15 is 0 Å². The van der Waals surface area contributed by atoms with Gasteiger partial charge in [0.15, 0.2) is 5.96 Å². The zero-order valence-electron chi connectivity index (χ0n) is 15.0. The van der Waals surface area contributed by atoms with Gasteiger partial charge in [-0.25, -0.2) is 0 Å². The fraction of sp³-hybridized carbons (Fsp3) is 0.588. The molecule has 0 saturated carbocycles. The van der Waals surface area contributed by atoms with Crippen molar-refractivity contribution in [3.8, 4) is 5.75 Å². The molecule has 7 heteroatoms. The van der Waals surface area contributed by atoms with Crippen LogP contribution in [0.1, 0.15) is 18.9 Å². The highest BCUT2D eigenvalue weighted by Crippen LogP contribution is 2.11. The van der Waals surface area contributed by atoms with Gasteiger partial charge in [-0.05, 0) is 31.0 Å². The van der Waals surface area contributed by atoms with Crippen LogP contribution in [-0.2, 0) is 16.1 Å². The van der Waals surface area contributed by atoms with Gasteiger partial charge in [0.1, 0.15) is 5.75 Å². The van der Waals surface area contributed by atoms with Gasteiger partial charge in [-0.3, -0.25) is 4.99 Å². The maximum Gasteiger partial charge on any atom is 0.191 e. The fourth-order valence-electron chi connectivity index (χ4n) is 2.01. The summed E-state index contributed by atoms with van der Waals surface area (Å²) in [6, 6.07) is 8.13. The minimum Gasteiger partial charge on any atom is -0.497 e. The minimum absolute atomic E-state index is 0. The van der Waals surface area contributed by atoms with Crippen molar-refractivity contribution in [3.63, 3.8) is 0 Å². The van der Waals surface area contributed by atoms with E-state index in [1.165, 1.54) is 0 Å². The van der Waals surface area contributed by atoms with Crippen molar-refractivity contribution in [1.29, 1.82) is 0 Å². The number of hydrogen-bond acceptors (Lipinski definition) is 4. The smallest absolute Gasteiger partial charge is 0.191 e. The summed E-state index contributed by atoms with van der Waals surface area (Å²) in [5.41, 5.74) is 1.14. The molecule has 1 aromatic carbocycles. The maximum absolute atomic E-state index is 5.67. The molecule has 0 heterocycles. The van der Waals surface area contributed by atoms with Crippen LogP contribution in [0, 0.1) is 0 Å². The van der Waals surface area contributed by atoms with E-state index in [4.69, 9.17) is 14.2 Å². The molecular formula is C17H30IN3O3. The molecular weight excluding hydrogens is 421 g/mol. The molecule has 0 radical (unpaired) electrons. The Hall–Kier alpha value is -1.06. The summed E-state index contributed by atoms with van der Waals surface area (Å²) < 4.78 is 15.9. The predicted molar refractivity (Wildman–Crippen MR) is 109 cm³/mol. The van der Waals surface area contributed by atoms with Crippen molar-refractivity contribution in [3.05, 3.63) is 29.8 Å². The van der Waals surface area contributed by atoms with Crippen molar-refractivity contribution in [1.82, 2.24) is 10.6 Å². The van der Waals surface area contributed by atoms with Gasteiger partial charge in [-0.15, -0.1) is 24.0 Å². The molecule has 0 saturated heterocycles. The lowest BCUT2D eigenvalue weighted by Crippen LogP contribution is -2.44. The molecule has 1 rings (SSSR count). The van der Waals surface area contributed by atoms with E-state index in [0.29, 0.717) is 19.8 Å². The van der Waals surface area contributed by atoms with E-state index in [-0.39, 0.29) is 30.0 Å². The second-order valence-corrected chi connectivity index (χ2v) is 5.25. The largest absolute Gasteiger partial charge is 0.497 e. The first-order chi connectivity index (χ1) is 11.2. The average Bonchev–Trinajstić information content (AvgIpc) is 2.57. The molecule has 1 unspecified atom stereocenters. The standard InChI is InChI=1S/C17H29N3O3.HI/c1-14(12-21-3)20-17(18-2)19-10-5-11-23-13-15-6-8-16(22-4)9-7-15;/h6-9,14H,5,10-13H2,1-4H3,(H2,18,19,20);1H. The summed E-state index contributed by atoms with van der Waals surface area (Å²) >= 11 is 0. The molecule has 0 fully saturated rings. The van der Waals surface area contributed by atoms with E-state index in [1.54, 1.807) is 21.3 Å². The Bertz CT molecular complexity index is 455. The molecule has 0 aromatic heterocycles. The highest BCUT2D eigenvalue weighted by Gasteiger charge is 2.03. The van der Waals surface area contributed by atoms with Crippen LogP contribution in [0.15, 0.2) is 29.3 Å². The van der Waals surface area contributed by atoms with E-state index < -0.39 is 0 Å². The van der Waals surface area contributed by atoms with Crippen molar-refractivity contribution < 1.29 is 14.2 Å². The van der Waals surface area contributed by atoms with Crippen LogP contribution in [0.5, 0.6) is 5.75 Å². The Kier molecular flexibility index (Phi) is 13.7. The molecule has 2 N–H and O–H groups in total. The maximum atomic E-state index is 5.67. The van der Waals surface area contributed by atoms with Crippen LogP contribution < -0.4 is 15.4 Å². The van der Waals surface area contributed by atoms with Crippen LogP contribution >= 0.6 is 24.0 Å². The normalized spacial score (nSPS) is 12.2. The van der Waals surface area contributed by atoms with E-state index in [0.717, 1.165) is 30.2 Å². The van der Waals surface area contributed by atoms with Gasteiger partial charge in [0.05, 0.1) is 20.3 Å².